The number of nitriles is 1. The minimum absolute atomic E-state index is 0.147. The highest BCUT2D eigenvalue weighted by atomic mass is 32.1. The molecule has 0 spiro atoms. The van der Waals surface area contributed by atoms with Crippen molar-refractivity contribution in [3.63, 3.8) is 0 Å². The molecule has 1 N–H and O–H groups in total. The molecule has 2 aromatic heterocycles. The summed E-state index contributed by atoms with van der Waals surface area (Å²) in [5, 5.41) is 14.3. The van der Waals surface area contributed by atoms with Crippen LogP contribution < -0.4 is 5.32 Å². The molecule has 0 radical (unpaired) electrons. The molecule has 0 atom stereocenters. The smallest absolute Gasteiger partial charge is 0.135 e. The van der Waals surface area contributed by atoms with Gasteiger partial charge < -0.3 is 5.32 Å². The minimum Gasteiger partial charge on any atom is -0.367 e. The average Bonchev–Trinajstić information content (AvgIpc) is 3.14. The van der Waals surface area contributed by atoms with Gasteiger partial charge >= 0.3 is 0 Å². The van der Waals surface area contributed by atoms with Crippen molar-refractivity contribution < 1.29 is 0 Å². The van der Waals surface area contributed by atoms with E-state index >= 15 is 0 Å². The predicted molar refractivity (Wildman–Crippen MR) is 119 cm³/mol. The van der Waals surface area contributed by atoms with E-state index in [0.29, 0.717) is 11.6 Å². The molecule has 3 nitrogen and oxygen atoms in total. The number of pyridine rings is 1. The van der Waals surface area contributed by atoms with Gasteiger partial charge in [0.15, 0.2) is 0 Å². The molecule has 0 unspecified atom stereocenters. The molecule has 0 saturated heterocycles. The van der Waals surface area contributed by atoms with E-state index in [-0.39, 0.29) is 5.41 Å². The van der Waals surface area contributed by atoms with Crippen LogP contribution in [0.15, 0.2) is 36.5 Å². The monoisotopic (exact) mass is 389 g/mol. The zero-order chi connectivity index (χ0) is 19.7. The molecule has 0 amide bonds. The van der Waals surface area contributed by atoms with Gasteiger partial charge in [0.25, 0.3) is 0 Å². The summed E-state index contributed by atoms with van der Waals surface area (Å²) in [6.45, 7) is 6.69. The fourth-order valence-electron chi connectivity index (χ4n) is 3.94. The summed E-state index contributed by atoms with van der Waals surface area (Å²) in [4.78, 5) is 5.78. The van der Waals surface area contributed by atoms with Gasteiger partial charge in [-0.25, -0.2) is 4.98 Å². The molecule has 144 valence electrons. The molecular weight excluding hydrogens is 362 g/mol. The fraction of sp³-hybridized carbons (Fsp3) is 0.417. The number of thiophene rings is 1. The maximum Gasteiger partial charge on any atom is 0.135 e. The Morgan fingerprint density at radius 3 is 2.46 bits per heavy atom. The Morgan fingerprint density at radius 2 is 1.82 bits per heavy atom. The van der Waals surface area contributed by atoms with Gasteiger partial charge in [-0.3, -0.25) is 0 Å². The van der Waals surface area contributed by atoms with Crippen molar-refractivity contribution in [1.29, 1.82) is 5.26 Å². The van der Waals surface area contributed by atoms with Gasteiger partial charge in [-0.2, -0.15) is 5.26 Å². The minimum atomic E-state index is 0.147. The Morgan fingerprint density at radius 1 is 1.11 bits per heavy atom. The molecule has 0 aliphatic heterocycles. The molecule has 2 heterocycles. The Bertz CT molecular complexity index is 1010. The van der Waals surface area contributed by atoms with E-state index in [4.69, 9.17) is 0 Å². The lowest BCUT2D eigenvalue weighted by Crippen LogP contribution is -2.22. The largest absolute Gasteiger partial charge is 0.367 e. The zero-order valence-corrected chi connectivity index (χ0v) is 17.7. The molecule has 0 bridgehead atoms. The van der Waals surface area contributed by atoms with Crippen molar-refractivity contribution in [3.05, 3.63) is 47.7 Å². The van der Waals surface area contributed by atoms with Gasteiger partial charge in [-0.05, 0) is 35.4 Å². The van der Waals surface area contributed by atoms with E-state index < -0.39 is 0 Å². The first-order chi connectivity index (χ1) is 13.5. The Balaban J connectivity index is 1.72. The third kappa shape index (κ3) is 3.77. The van der Waals surface area contributed by atoms with Crippen molar-refractivity contribution in [3.8, 4) is 16.5 Å². The van der Waals surface area contributed by atoms with Crippen molar-refractivity contribution >= 4 is 27.2 Å². The van der Waals surface area contributed by atoms with Crippen LogP contribution in [-0.4, -0.2) is 11.0 Å². The number of benzene rings is 1. The van der Waals surface area contributed by atoms with Crippen LogP contribution in [0.4, 0.5) is 5.82 Å². The first-order valence-corrected chi connectivity index (χ1v) is 11.0. The molecule has 1 aromatic carbocycles. The maximum atomic E-state index is 9.55. The highest BCUT2D eigenvalue weighted by Gasteiger charge is 2.18. The summed E-state index contributed by atoms with van der Waals surface area (Å²) in [6.07, 6.45) is 8.03. The van der Waals surface area contributed by atoms with Crippen LogP contribution in [0.5, 0.6) is 0 Å². The van der Waals surface area contributed by atoms with Gasteiger partial charge in [0.2, 0.25) is 0 Å². The second kappa shape index (κ2) is 7.56. The number of fused-ring (bicyclic) bond motifs is 1. The number of anilines is 1. The van der Waals surface area contributed by atoms with Crippen molar-refractivity contribution in [2.24, 2.45) is 0 Å². The van der Waals surface area contributed by atoms with Gasteiger partial charge in [0.05, 0.1) is 10.3 Å². The topological polar surface area (TPSA) is 48.7 Å². The average molecular weight is 390 g/mol. The van der Waals surface area contributed by atoms with Crippen LogP contribution in [-0.2, 0) is 5.41 Å². The molecule has 4 heteroatoms. The molecular formula is C24H27N3S. The number of nitrogens with one attached hydrogen (secondary N) is 1. The fourth-order valence-corrected chi connectivity index (χ4v) is 5.06. The summed E-state index contributed by atoms with van der Waals surface area (Å²) in [7, 11) is 0. The van der Waals surface area contributed by atoms with Crippen LogP contribution in [0.25, 0.3) is 20.5 Å². The predicted octanol–water partition coefficient (Wildman–Crippen LogP) is 6.88. The second-order valence-corrected chi connectivity index (χ2v) is 9.84. The maximum absolute atomic E-state index is 9.55. The zero-order valence-electron chi connectivity index (χ0n) is 16.9. The first kappa shape index (κ1) is 19.0. The van der Waals surface area contributed by atoms with E-state index in [0.717, 1.165) is 15.9 Å². The third-order valence-electron chi connectivity index (χ3n) is 5.66. The Kier molecular flexibility index (Phi) is 5.12. The molecule has 1 saturated carbocycles. The van der Waals surface area contributed by atoms with Crippen LogP contribution in [0.1, 0.15) is 64.0 Å². The lowest BCUT2D eigenvalue weighted by molar-refractivity contribution is 0.462. The number of rotatable bonds is 3. The summed E-state index contributed by atoms with van der Waals surface area (Å²) in [5.41, 5.74) is 3.33. The highest BCUT2D eigenvalue weighted by molar-refractivity contribution is 7.22. The van der Waals surface area contributed by atoms with E-state index in [1.807, 2.05) is 0 Å². The first-order valence-electron chi connectivity index (χ1n) is 10.2. The summed E-state index contributed by atoms with van der Waals surface area (Å²) >= 11 is 1.69. The number of aromatic nitrogens is 1. The molecule has 1 aliphatic carbocycles. The number of hydrogen-bond donors (Lipinski definition) is 1. The lowest BCUT2D eigenvalue weighted by Gasteiger charge is -2.23. The lowest BCUT2D eigenvalue weighted by atomic mass is 9.86. The van der Waals surface area contributed by atoms with Crippen LogP contribution in [0.3, 0.4) is 0 Å². The normalized spacial score (nSPS) is 15.5. The van der Waals surface area contributed by atoms with Crippen LogP contribution in [0, 0.1) is 11.3 Å². The quantitative estimate of drug-likeness (QED) is 0.531. The molecule has 4 rings (SSSR count). The van der Waals surface area contributed by atoms with Gasteiger partial charge in [0.1, 0.15) is 11.9 Å². The van der Waals surface area contributed by atoms with Crippen molar-refractivity contribution in [1.82, 2.24) is 4.98 Å². The van der Waals surface area contributed by atoms with Crippen molar-refractivity contribution in [2.75, 3.05) is 5.32 Å². The molecule has 1 aliphatic rings. The van der Waals surface area contributed by atoms with Gasteiger partial charge in [0, 0.05) is 22.5 Å². The second-order valence-electron chi connectivity index (χ2n) is 8.79. The van der Waals surface area contributed by atoms with E-state index in [2.05, 4.69) is 67.5 Å². The van der Waals surface area contributed by atoms with Gasteiger partial charge in [-0.1, -0.05) is 64.3 Å². The third-order valence-corrected chi connectivity index (χ3v) is 6.87. The van der Waals surface area contributed by atoms with Gasteiger partial charge in [-0.15, -0.1) is 11.3 Å². The Labute approximate surface area is 171 Å². The highest BCUT2D eigenvalue weighted by Crippen LogP contribution is 2.39. The van der Waals surface area contributed by atoms with Crippen LogP contribution in [0.2, 0.25) is 0 Å². The van der Waals surface area contributed by atoms with Crippen LogP contribution >= 0.6 is 11.3 Å². The van der Waals surface area contributed by atoms with Crippen molar-refractivity contribution in [2.45, 2.75) is 64.3 Å². The Hall–Kier alpha value is -2.38. The molecule has 3 aromatic rings. The van der Waals surface area contributed by atoms with E-state index in [1.165, 1.54) is 48.1 Å². The number of hydrogen-bond acceptors (Lipinski definition) is 4. The number of nitrogens with zero attached hydrogens (tertiary/aromatic N) is 2. The van der Waals surface area contributed by atoms with E-state index in [9.17, 15) is 5.26 Å². The standard InChI is InChI=1S/C24H27N3S/c1-24(2,3)18-11-9-16(10-12-18)21-13-20-22(28-21)17(14-25)15-26-23(20)27-19-7-5-4-6-8-19/h9-13,15,19H,4-8H2,1-3H3,(H,26,27). The summed E-state index contributed by atoms with van der Waals surface area (Å²) in [5.74, 6) is 0.926. The summed E-state index contributed by atoms with van der Waals surface area (Å²) in [6, 6.07) is 13.8. The SMILES string of the molecule is CC(C)(C)c1ccc(-c2cc3c(NC4CCCCC4)ncc(C#N)c3s2)cc1. The molecule has 1 fully saturated rings. The van der Waals surface area contributed by atoms with E-state index in [1.54, 1.807) is 17.5 Å². The molecule has 28 heavy (non-hydrogen) atoms. The summed E-state index contributed by atoms with van der Waals surface area (Å²) < 4.78 is 1.03.